The van der Waals surface area contributed by atoms with Crippen molar-refractivity contribution in [2.45, 2.75) is 25.0 Å². The highest BCUT2D eigenvalue weighted by Crippen LogP contribution is 2.29. The molecule has 1 unspecified atom stereocenters. The lowest BCUT2D eigenvalue weighted by Crippen LogP contribution is -2.53. The fourth-order valence-electron chi connectivity index (χ4n) is 3.64. The van der Waals surface area contributed by atoms with Crippen molar-refractivity contribution in [3.63, 3.8) is 0 Å². The van der Waals surface area contributed by atoms with E-state index in [0.717, 1.165) is 43.9 Å². The third-order valence-corrected chi connectivity index (χ3v) is 5.71. The minimum Gasteiger partial charge on any atom is -0.355 e. The molecule has 1 saturated heterocycles. The highest BCUT2D eigenvalue weighted by atomic mass is 16.5. The molecular formula is C23H30N4O2. The lowest BCUT2D eigenvalue weighted by molar-refractivity contribution is -0.134. The predicted octanol–water partition coefficient (Wildman–Crippen LogP) is 2.06. The second kappa shape index (κ2) is 9.84. The van der Waals surface area contributed by atoms with Crippen molar-refractivity contribution in [3.05, 3.63) is 54.1 Å². The van der Waals surface area contributed by atoms with E-state index < -0.39 is 5.60 Å². The summed E-state index contributed by atoms with van der Waals surface area (Å²) in [6.07, 6.45) is 6.49. The van der Waals surface area contributed by atoms with E-state index in [0.29, 0.717) is 13.0 Å². The van der Waals surface area contributed by atoms with Crippen molar-refractivity contribution in [2.75, 3.05) is 46.4 Å². The fourth-order valence-corrected chi connectivity index (χ4v) is 3.64. The summed E-state index contributed by atoms with van der Waals surface area (Å²) in [7, 11) is 1.80. The zero-order chi connectivity index (χ0) is 20.7. The molecule has 1 fully saturated rings. The number of nitriles is 1. The van der Waals surface area contributed by atoms with E-state index in [4.69, 9.17) is 4.74 Å². The van der Waals surface area contributed by atoms with Crippen LogP contribution < -0.4 is 5.32 Å². The highest BCUT2D eigenvalue weighted by Gasteiger charge is 2.30. The standard InChI is InChI=1S/C23H30N4O2/c1-19(25-2)22(28)27-14-12-26(13-15-27)16-17-29-23(18-24)10-8-21(9-11-23)20-6-4-3-5-7-20/h3-10,19,25H,11-17H2,1-2H3/t19-,23?/m1/s1. The minimum atomic E-state index is -0.891. The topological polar surface area (TPSA) is 68.6 Å². The summed E-state index contributed by atoms with van der Waals surface area (Å²) in [5.74, 6) is 0.153. The normalized spacial score (nSPS) is 23.3. The van der Waals surface area contributed by atoms with Crippen molar-refractivity contribution in [1.29, 1.82) is 5.26 Å². The smallest absolute Gasteiger partial charge is 0.239 e. The summed E-state index contributed by atoms with van der Waals surface area (Å²) >= 11 is 0. The number of nitrogens with one attached hydrogen (secondary N) is 1. The second-order valence-corrected chi connectivity index (χ2v) is 7.59. The van der Waals surface area contributed by atoms with Gasteiger partial charge in [-0.3, -0.25) is 9.69 Å². The number of hydrogen-bond acceptors (Lipinski definition) is 5. The van der Waals surface area contributed by atoms with Crippen molar-refractivity contribution in [3.8, 4) is 6.07 Å². The number of benzene rings is 1. The molecule has 1 aliphatic heterocycles. The van der Waals surface area contributed by atoms with Crippen LogP contribution in [-0.4, -0.2) is 73.7 Å². The number of allylic oxidation sites excluding steroid dienone is 2. The first-order chi connectivity index (χ1) is 14.1. The molecule has 1 aliphatic carbocycles. The molecule has 0 aromatic heterocycles. The molecule has 1 aromatic carbocycles. The quantitative estimate of drug-likeness (QED) is 0.767. The Labute approximate surface area is 173 Å². The van der Waals surface area contributed by atoms with Gasteiger partial charge >= 0.3 is 0 Å². The minimum absolute atomic E-state index is 0.146. The first-order valence-electron chi connectivity index (χ1n) is 10.3. The van der Waals surface area contributed by atoms with Gasteiger partial charge in [0.25, 0.3) is 0 Å². The summed E-state index contributed by atoms with van der Waals surface area (Å²) in [6.45, 7) is 6.27. The van der Waals surface area contributed by atoms with E-state index in [1.807, 2.05) is 42.2 Å². The molecule has 1 amide bonds. The van der Waals surface area contributed by atoms with Crippen molar-refractivity contribution >= 4 is 11.5 Å². The molecule has 1 heterocycles. The van der Waals surface area contributed by atoms with Crippen LogP contribution in [0.1, 0.15) is 18.9 Å². The third kappa shape index (κ3) is 5.33. The predicted molar refractivity (Wildman–Crippen MR) is 114 cm³/mol. The molecule has 1 N–H and O–H groups in total. The number of carbonyl (C=O) groups is 1. The van der Waals surface area contributed by atoms with Crippen LogP contribution in [0.4, 0.5) is 0 Å². The average molecular weight is 395 g/mol. The molecular weight excluding hydrogens is 364 g/mol. The Hall–Kier alpha value is -2.46. The molecule has 0 radical (unpaired) electrons. The van der Waals surface area contributed by atoms with Gasteiger partial charge in [-0.15, -0.1) is 0 Å². The fraction of sp³-hybridized carbons (Fsp3) is 0.478. The maximum absolute atomic E-state index is 12.2. The Kier molecular flexibility index (Phi) is 7.21. The molecule has 0 spiro atoms. The van der Waals surface area contributed by atoms with E-state index in [1.165, 1.54) is 0 Å². The van der Waals surface area contributed by atoms with Gasteiger partial charge in [-0.25, -0.2) is 0 Å². The van der Waals surface area contributed by atoms with Crippen molar-refractivity contribution in [1.82, 2.24) is 15.1 Å². The monoisotopic (exact) mass is 394 g/mol. The highest BCUT2D eigenvalue weighted by molar-refractivity contribution is 5.81. The number of hydrogen-bond donors (Lipinski definition) is 1. The Morgan fingerprint density at radius 3 is 2.59 bits per heavy atom. The van der Waals surface area contributed by atoms with E-state index in [2.05, 4.69) is 34.5 Å². The number of likely N-dealkylation sites (N-methyl/N-ethyl adjacent to an activating group) is 1. The maximum Gasteiger partial charge on any atom is 0.239 e. The molecule has 6 heteroatoms. The zero-order valence-corrected chi connectivity index (χ0v) is 17.3. The van der Waals surface area contributed by atoms with E-state index in [-0.39, 0.29) is 11.9 Å². The van der Waals surface area contributed by atoms with Crippen LogP contribution in [0.25, 0.3) is 5.57 Å². The molecule has 6 nitrogen and oxygen atoms in total. The summed E-state index contributed by atoms with van der Waals surface area (Å²) in [4.78, 5) is 16.4. The van der Waals surface area contributed by atoms with Crippen molar-refractivity contribution < 1.29 is 9.53 Å². The Bertz CT molecular complexity index is 791. The molecule has 0 bridgehead atoms. The third-order valence-electron chi connectivity index (χ3n) is 5.71. The number of nitrogens with zero attached hydrogens (tertiary/aromatic N) is 3. The van der Waals surface area contributed by atoms with Gasteiger partial charge in [0, 0.05) is 39.1 Å². The number of amides is 1. The van der Waals surface area contributed by atoms with Gasteiger partial charge in [-0.05, 0) is 31.2 Å². The summed E-state index contributed by atoms with van der Waals surface area (Å²) in [5, 5.41) is 12.7. The van der Waals surface area contributed by atoms with Gasteiger partial charge in [0.05, 0.1) is 12.6 Å². The first kappa shape index (κ1) is 21.3. The second-order valence-electron chi connectivity index (χ2n) is 7.59. The summed E-state index contributed by atoms with van der Waals surface area (Å²) in [6, 6.07) is 12.3. The molecule has 2 aliphatic rings. The SMILES string of the molecule is CN[C@H](C)C(=O)N1CCN(CCOC2(C#N)C=CC(c3ccccc3)=CC2)CC1. The molecule has 3 rings (SSSR count). The number of ether oxygens (including phenoxy) is 1. The molecule has 29 heavy (non-hydrogen) atoms. The Balaban J connectivity index is 1.45. The molecule has 2 atom stereocenters. The zero-order valence-electron chi connectivity index (χ0n) is 17.3. The first-order valence-corrected chi connectivity index (χ1v) is 10.3. The number of rotatable bonds is 7. The van der Waals surface area contributed by atoms with E-state index in [1.54, 1.807) is 7.05 Å². The van der Waals surface area contributed by atoms with Crippen LogP contribution in [0.2, 0.25) is 0 Å². The summed E-state index contributed by atoms with van der Waals surface area (Å²) in [5.41, 5.74) is 1.38. The van der Waals surface area contributed by atoms with E-state index >= 15 is 0 Å². The Morgan fingerprint density at radius 2 is 2.00 bits per heavy atom. The van der Waals surface area contributed by atoms with Crippen LogP contribution in [0.15, 0.2) is 48.6 Å². The number of piperazine rings is 1. The van der Waals surface area contributed by atoms with Gasteiger partial charge in [0.2, 0.25) is 5.91 Å². The lowest BCUT2D eigenvalue weighted by Gasteiger charge is -2.36. The van der Waals surface area contributed by atoms with Crippen LogP contribution in [-0.2, 0) is 9.53 Å². The van der Waals surface area contributed by atoms with Gasteiger partial charge in [-0.2, -0.15) is 5.26 Å². The maximum atomic E-state index is 12.2. The largest absolute Gasteiger partial charge is 0.355 e. The van der Waals surface area contributed by atoms with Crippen molar-refractivity contribution in [2.24, 2.45) is 0 Å². The van der Waals surface area contributed by atoms with Gasteiger partial charge in [0.15, 0.2) is 5.60 Å². The van der Waals surface area contributed by atoms with Gasteiger partial charge < -0.3 is 15.0 Å². The van der Waals surface area contributed by atoms with Gasteiger partial charge in [0.1, 0.15) is 6.07 Å². The lowest BCUT2D eigenvalue weighted by atomic mass is 9.90. The van der Waals surface area contributed by atoms with Crippen LogP contribution in [0.5, 0.6) is 0 Å². The molecule has 0 saturated carbocycles. The van der Waals surface area contributed by atoms with Crippen LogP contribution in [0.3, 0.4) is 0 Å². The van der Waals surface area contributed by atoms with Crippen LogP contribution in [0, 0.1) is 11.3 Å². The van der Waals surface area contributed by atoms with E-state index in [9.17, 15) is 10.1 Å². The average Bonchev–Trinajstić information content (AvgIpc) is 2.79. The number of carbonyl (C=O) groups excluding carboxylic acids is 1. The van der Waals surface area contributed by atoms with Crippen LogP contribution >= 0.6 is 0 Å². The summed E-state index contributed by atoms with van der Waals surface area (Å²) < 4.78 is 6.01. The molecule has 154 valence electrons. The van der Waals surface area contributed by atoms with Gasteiger partial charge in [-0.1, -0.05) is 42.5 Å². The Morgan fingerprint density at radius 1 is 1.28 bits per heavy atom. The molecule has 1 aromatic rings.